The summed E-state index contributed by atoms with van der Waals surface area (Å²) in [4.78, 5) is 6.25. The maximum atomic E-state index is 4.06. The maximum Gasteiger partial charge on any atom is 0.0486 e. The zero-order valence-corrected chi connectivity index (χ0v) is 12.7. The van der Waals surface area contributed by atoms with E-state index in [-0.39, 0.29) is 6.04 Å². The van der Waals surface area contributed by atoms with Crippen LogP contribution in [0.4, 0.5) is 5.69 Å². The lowest BCUT2D eigenvalue weighted by Crippen LogP contribution is -2.12. The summed E-state index contributed by atoms with van der Waals surface area (Å²) in [6.07, 6.45) is 3.67. The van der Waals surface area contributed by atoms with Crippen molar-refractivity contribution in [3.8, 4) is 0 Å². The number of aromatic nitrogens is 1. The molecule has 106 valence electrons. The van der Waals surface area contributed by atoms with Gasteiger partial charge in [-0.15, -0.1) is 0 Å². The number of nitrogens with zero attached hydrogens (tertiary/aromatic N) is 2. The van der Waals surface area contributed by atoms with Crippen molar-refractivity contribution in [1.82, 2.24) is 9.88 Å². The SMILES string of the molecule is Cc1cc(CN(C)C)cc(NC(C)c2ccncc2)c1. The van der Waals surface area contributed by atoms with Gasteiger partial charge >= 0.3 is 0 Å². The quantitative estimate of drug-likeness (QED) is 0.898. The van der Waals surface area contributed by atoms with Gasteiger partial charge in [-0.25, -0.2) is 0 Å². The fourth-order valence-corrected chi connectivity index (χ4v) is 2.39. The number of anilines is 1. The molecule has 1 atom stereocenters. The lowest BCUT2D eigenvalue weighted by molar-refractivity contribution is 0.402. The molecule has 0 aliphatic heterocycles. The lowest BCUT2D eigenvalue weighted by Gasteiger charge is -2.18. The highest BCUT2D eigenvalue weighted by molar-refractivity contribution is 5.50. The second kappa shape index (κ2) is 6.53. The van der Waals surface area contributed by atoms with Gasteiger partial charge in [0.05, 0.1) is 0 Å². The first kappa shape index (κ1) is 14.5. The van der Waals surface area contributed by atoms with Gasteiger partial charge in [0.1, 0.15) is 0 Å². The predicted molar refractivity (Wildman–Crippen MR) is 84.8 cm³/mol. The second-order valence-corrected chi connectivity index (χ2v) is 5.59. The van der Waals surface area contributed by atoms with E-state index in [2.05, 4.69) is 61.3 Å². The molecule has 1 aromatic heterocycles. The van der Waals surface area contributed by atoms with E-state index >= 15 is 0 Å². The van der Waals surface area contributed by atoms with Crippen LogP contribution in [0.25, 0.3) is 0 Å². The Morgan fingerprint density at radius 2 is 1.85 bits per heavy atom. The molecule has 2 rings (SSSR count). The Bertz CT molecular complexity index is 549. The zero-order valence-electron chi connectivity index (χ0n) is 12.7. The Morgan fingerprint density at radius 3 is 2.50 bits per heavy atom. The molecule has 1 aromatic carbocycles. The minimum Gasteiger partial charge on any atom is -0.379 e. The van der Waals surface area contributed by atoms with Crippen molar-refractivity contribution in [2.24, 2.45) is 0 Å². The summed E-state index contributed by atoms with van der Waals surface area (Å²) in [5, 5.41) is 3.57. The van der Waals surface area contributed by atoms with Crippen molar-refractivity contribution in [1.29, 1.82) is 0 Å². The summed E-state index contributed by atoms with van der Waals surface area (Å²) in [5.41, 5.74) is 5.04. The van der Waals surface area contributed by atoms with Gasteiger partial charge in [0.25, 0.3) is 0 Å². The van der Waals surface area contributed by atoms with Crippen LogP contribution in [0.1, 0.15) is 29.7 Å². The van der Waals surface area contributed by atoms with E-state index in [4.69, 9.17) is 0 Å². The van der Waals surface area contributed by atoms with Crippen LogP contribution in [0.5, 0.6) is 0 Å². The summed E-state index contributed by atoms with van der Waals surface area (Å²) in [7, 11) is 4.18. The van der Waals surface area contributed by atoms with Crippen LogP contribution in [0.2, 0.25) is 0 Å². The Labute approximate surface area is 121 Å². The smallest absolute Gasteiger partial charge is 0.0486 e. The molecule has 0 aliphatic rings. The Hall–Kier alpha value is -1.87. The molecule has 1 N–H and O–H groups in total. The number of nitrogens with one attached hydrogen (secondary N) is 1. The standard InChI is InChI=1S/C17H23N3/c1-13-9-15(12-20(3)4)11-17(10-13)19-14(2)16-5-7-18-8-6-16/h5-11,14,19H,12H2,1-4H3. The van der Waals surface area contributed by atoms with E-state index in [1.165, 1.54) is 22.4 Å². The van der Waals surface area contributed by atoms with Crippen molar-refractivity contribution in [3.63, 3.8) is 0 Å². The zero-order chi connectivity index (χ0) is 14.5. The molecule has 0 bridgehead atoms. The summed E-state index contributed by atoms with van der Waals surface area (Å²) < 4.78 is 0. The first-order chi connectivity index (χ1) is 9.54. The molecule has 0 aliphatic carbocycles. The molecule has 1 heterocycles. The summed E-state index contributed by atoms with van der Waals surface area (Å²) in [6.45, 7) is 5.27. The first-order valence-corrected chi connectivity index (χ1v) is 6.96. The highest BCUT2D eigenvalue weighted by Gasteiger charge is 2.06. The van der Waals surface area contributed by atoms with Crippen LogP contribution in [-0.4, -0.2) is 24.0 Å². The second-order valence-electron chi connectivity index (χ2n) is 5.59. The van der Waals surface area contributed by atoms with Gasteiger partial charge in [0.2, 0.25) is 0 Å². The van der Waals surface area contributed by atoms with Gasteiger partial charge in [0, 0.05) is 30.7 Å². The molecule has 0 radical (unpaired) electrons. The number of pyridine rings is 1. The van der Waals surface area contributed by atoms with Gasteiger partial charge in [0.15, 0.2) is 0 Å². The molecule has 0 fully saturated rings. The van der Waals surface area contributed by atoms with Gasteiger partial charge in [-0.1, -0.05) is 6.07 Å². The molecule has 0 saturated carbocycles. The van der Waals surface area contributed by atoms with Gasteiger partial charge in [-0.05, 0) is 68.9 Å². The molecular weight excluding hydrogens is 246 g/mol. The van der Waals surface area contributed by atoms with E-state index in [1.807, 2.05) is 24.5 Å². The highest BCUT2D eigenvalue weighted by Crippen LogP contribution is 2.21. The minimum atomic E-state index is 0.270. The number of hydrogen-bond acceptors (Lipinski definition) is 3. The molecule has 1 unspecified atom stereocenters. The minimum absolute atomic E-state index is 0.270. The molecule has 2 aromatic rings. The van der Waals surface area contributed by atoms with Gasteiger partial charge in [-0.2, -0.15) is 0 Å². The van der Waals surface area contributed by atoms with E-state index in [0.29, 0.717) is 0 Å². The van der Waals surface area contributed by atoms with Crippen molar-refractivity contribution >= 4 is 5.69 Å². The Morgan fingerprint density at radius 1 is 1.15 bits per heavy atom. The van der Waals surface area contributed by atoms with Crippen molar-refractivity contribution < 1.29 is 0 Å². The molecule has 3 nitrogen and oxygen atoms in total. The van der Waals surface area contributed by atoms with Crippen LogP contribution in [0.15, 0.2) is 42.7 Å². The van der Waals surface area contributed by atoms with E-state index in [9.17, 15) is 0 Å². The van der Waals surface area contributed by atoms with Crippen LogP contribution >= 0.6 is 0 Å². The lowest BCUT2D eigenvalue weighted by atomic mass is 10.1. The largest absolute Gasteiger partial charge is 0.379 e. The summed E-state index contributed by atoms with van der Waals surface area (Å²) in [5.74, 6) is 0. The molecule has 0 saturated heterocycles. The van der Waals surface area contributed by atoms with E-state index < -0.39 is 0 Å². The summed E-state index contributed by atoms with van der Waals surface area (Å²) in [6, 6.07) is 11.0. The van der Waals surface area contributed by atoms with E-state index in [0.717, 1.165) is 6.54 Å². The van der Waals surface area contributed by atoms with Crippen molar-refractivity contribution in [2.75, 3.05) is 19.4 Å². The van der Waals surface area contributed by atoms with Crippen LogP contribution in [0, 0.1) is 6.92 Å². The molecule has 0 spiro atoms. The fourth-order valence-electron chi connectivity index (χ4n) is 2.39. The Kier molecular flexibility index (Phi) is 4.74. The number of benzene rings is 1. The highest BCUT2D eigenvalue weighted by atomic mass is 15.0. The fraction of sp³-hybridized carbons (Fsp3) is 0.353. The van der Waals surface area contributed by atoms with E-state index in [1.54, 1.807) is 0 Å². The summed E-state index contributed by atoms with van der Waals surface area (Å²) >= 11 is 0. The van der Waals surface area contributed by atoms with Crippen LogP contribution < -0.4 is 5.32 Å². The van der Waals surface area contributed by atoms with Crippen molar-refractivity contribution in [3.05, 3.63) is 59.4 Å². The first-order valence-electron chi connectivity index (χ1n) is 6.96. The molecule has 3 heteroatoms. The Balaban J connectivity index is 2.14. The molecule has 20 heavy (non-hydrogen) atoms. The third-order valence-electron chi connectivity index (χ3n) is 3.23. The number of rotatable bonds is 5. The molecular formula is C17H23N3. The average Bonchev–Trinajstić information content (AvgIpc) is 2.38. The predicted octanol–water partition coefficient (Wildman–Crippen LogP) is 3.62. The third kappa shape index (κ3) is 4.07. The van der Waals surface area contributed by atoms with Crippen LogP contribution in [0.3, 0.4) is 0 Å². The normalized spacial score (nSPS) is 12.4. The maximum absolute atomic E-state index is 4.06. The van der Waals surface area contributed by atoms with Crippen molar-refractivity contribution in [2.45, 2.75) is 26.4 Å². The number of aryl methyl sites for hydroxylation is 1. The van der Waals surface area contributed by atoms with Crippen LogP contribution in [-0.2, 0) is 6.54 Å². The number of hydrogen-bond donors (Lipinski definition) is 1. The topological polar surface area (TPSA) is 28.2 Å². The van der Waals surface area contributed by atoms with Gasteiger partial charge in [-0.3, -0.25) is 4.98 Å². The monoisotopic (exact) mass is 269 g/mol. The molecule has 0 amide bonds. The average molecular weight is 269 g/mol. The third-order valence-corrected chi connectivity index (χ3v) is 3.23. The van der Waals surface area contributed by atoms with Gasteiger partial charge < -0.3 is 10.2 Å².